The molecule has 3 nitrogen and oxygen atoms in total. The van der Waals surface area contributed by atoms with Crippen LogP contribution in [-0.2, 0) is 12.8 Å². The largest absolute Gasteiger partial charge is 0.346 e. The van der Waals surface area contributed by atoms with Crippen LogP contribution < -0.4 is 5.32 Å². The zero-order valence-corrected chi connectivity index (χ0v) is 11.3. The first-order chi connectivity index (χ1) is 8.20. The van der Waals surface area contributed by atoms with E-state index in [0.29, 0.717) is 5.92 Å². The molecule has 1 aliphatic rings. The van der Waals surface area contributed by atoms with Gasteiger partial charge >= 0.3 is 0 Å². The molecule has 1 saturated heterocycles. The second-order valence-corrected chi connectivity index (χ2v) is 5.47. The van der Waals surface area contributed by atoms with E-state index >= 15 is 0 Å². The molecule has 1 unspecified atom stereocenters. The molecule has 1 aromatic rings. The van der Waals surface area contributed by atoms with Crippen LogP contribution in [0.25, 0.3) is 0 Å². The van der Waals surface area contributed by atoms with Gasteiger partial charge in [0.15, 0.2) is 0 Å². The monoisotopic (exact) mass is 235 g/mol. The fraction of sp³-hybridized carbons (Fsp3) is 0.786. The van der Waals surface area contributed by atoms with Crippen molar-refractivity contribution in [3.8, 4) is 0 Å². The van der Waals surface area contributed by atoms with Crippen LogP contribution in [0.15, 0.2) is 0 Å². The summed E-state index contributed by atoms with van der Waals surface area (Å²) in [4.78, 5) is 8.31. The Balaban J connectivity index is 2.05. The molecule has 0 spiro atoms. The number of hydrogen-bond acceptors (Lipinski definition) is 2. The van der Waals surface area contributed by atoms with Crippen LogP contribution in [0.5, 0.6) is 0 Å². The number of rotatable bonds is 4. The third-order valence-corrected chi connectivity index (χ3v) is 3.64. The molecule has 0 aromatic carbocycles. The van der Waals surface area contributed by atoms with E-state index in [1.165, 1.54) is 36.6 Å². The van der Waals surface area contributed by atoms with Crippen molar-refractivity contribution in [1.29, 1.82) is 0 Å². The van der Waals surface area contributed by atoms with Crippen LogP contribution in [0.4, 0.5) is 0 Å². The molecule has 1 fully saturated rings. The lowest BCUT2D eigenvalue weighted by molar-refractivity contribution is 0.371. The number of nitrogens with one attached hydrogen (secondary N) is 2. The van der Waals surface area contributed by atoms with Gasteiger partial charge in [0.2, 0.25) is 0 Å². The maximum atomic E-state index is 4.79. The highest BCUT2D eigenvalue weighted by Gasteiger charge is 2.17. The zero-order valence-electron chi connectivity index (χ0n) is 11.3. The van der Waals surface area contributed by atoms with Crippen LogP contribution in [0.1, 0.15) is 56.7 Å². The number of hydrogen-bond donors (Lipinski definition) is 2. The van der Waals surface area contributed by atoms with Gasteiger partial charge in [0.05, 0.1) is 5.69 Å². The summed E-state index contributed by atoms with van der Waals surface area (Å²) in [6.07, 6.45) is 4.81. The van der Waals surface area contributed by atoms with Gasteiger partial charge in [-0.2, -0.15) is 0 Å². The van der Waals surface area contributed by atoms with Crippen molar-refractivity contribution in [3.05, 3.63) is 17.2 Å². The molecular formula is C14H25N3. The van der Waals surface area contributed by atoms with Crippen molar-refractivity contribution < 1.29 is 0 Å². The fourth-order valence-corrected chi connectivity index (χ4v) is 2.69. The van der Waals surface area contributed by atoms with Crippen molar-refractivity contribution >= 4 is 0 Å². The summed E-state index contributed by atoms with van der Waals surface area (Å²) in [6, 6.07) is 0. The number of piperidine rings is 1. The predicted molar refractivity (Wildman–Crippen MR) is 71.4 cm³/mol. The van der Waals surface area contributed by atoms with Crippen molar-refractivity contribution in [2.45, 2.75) is 52.4 Å². The normalized spacial score (nSPS) is 21.1. The number of aryl methyl sites for hydroxylation is 1. The quantitative estimate of drug-likeness (QED) is 0.842. The standard InChI is InChI=1S/C14H25N3/c1-4-12-14(10(2)3)17-13(16-12)8-11-6-5-7-15-9-11/h10-11,15H,4-9H2,1-3H3,(H,16,17). The molecule has 0 saturated carbocycles. The van der Waals surface area contributed by atoms with Crippen molar-refractivity contribution in [3.63, 3.8) is 0 Å². The van der Waals surface area contributed by atoms with Crippen LogP contribution in [0.2, 0.25) is 0 Å². The first kappa shape index (κ1) is 12.6. The Labute approximate surface area is 104 Å². The predicted octanol–water partition coefficient (Wildman–Crippen LogP) is 2.64. The Morgan fingerprint density at radius 1 is 1.41 bits per heavy atom. The average Bonchev–Trinajstić information content (AvgIpc) is 2.73. The van der Waals surface area contributed by atoms with Crippen LogP contribution in [0, 0.1) is 5.92 Å². The fourth-order valence-electron chi connectivity index (χ4n) is 2.69. The van der Waals surface area contributed by atoms with Crippen molar-refractivity contribution in [2.75, 3.05) is 13.1 Å². The zero-order chi connectivity index (χ0) is 12.3. The van der Waals surface area contributed by atoms with Crippen molar-refractivity contribution in [1.82, 2.24) is 15.3 Å². The molecule has 0 bridgehead atoms. The SMILES string of the molecule is CCc1[nH]c(CC2CCCNC2)nc1C(C)C. The van der Waals surface area contributed by atoms with Gasteiger partial charge < -0.3 is 10.3 Å². The molecule has 1 aromatic heterocycles. The smallest absolute Gasteiger partial charge is 0.106 e. The van der Waals surface area contributed by atoms with E-state index in [9.17, 15) is 0 Å². The molecule has 17 heavy (non-hydrogen) atoms. The summed E-state index contributed by atoms with van der Waals surface area (Å²) in [6.45, 7) is 8.99. The van der Waals surface area contributed by atoms with E-state index in [4.69, 9.17) is 4.98 Å². The molecule has 1 atom stereocenters. The minimum Gasteiger partial charge on any atom is -0.346 e. The molecule has 0 aliphatic carbocycles. The second-order valence-electron chi connectivity index (χ2n) is 5.47. The van der Waals surface area contributed by atoms with E-state index in [2.05, 4.69) is 31.1 Å². The molecule has 2 heterocycles. The van der Waals surface area contributed by atoms with Crippen LogP contribution in [-0.4, -0.2) is 23.1 Å². The maximum Gasteiger partial charge on any atom is 0.106 e. The van der Waals surface area contributed by atoms with Gasteiger partial charge in [0, 0.05) is 12.1 Å². The summed E-state index contributed by atoms with van der Waals surface area (Å²) in [5.41, 5.74) is 2.60. The topological polar surface area (TPSA) is 40.7 Å². The Hall–Kier alpha value is -0.830. The number of H-pyrrole nitrogens is 1. The van der Waals surface area contributed by atoms with Gasteiger partial charge in [-0.3, -0.25) is 0 Å². The molecule has 1 aliphatic heterocycles. The van der Waals surface area contributed by atoms with Gasteiger partial charge in [-0.05, 0) is 44.2 Å². The third kappa shape index (κ3) is 3.09. The molecule has 2 rings (SSSR count). The van der Waals surface area contributed by atoms with Gasteiger partial charge in [-0.25, -0.2) is 4.98 Å². The molecule has 3 heteroatoms. The maximum absolute atomic E-state index is 4.79. The molecule has 96 valence electrons. The second kappa shape index (κ2) is 5.67. The molecular weight excluding hydrogens is 210 g/mol. The summed E-state index contributed by atoms with van der Waals surface area (Å²) in [7, 11) is 0. The van der Waals surface area contributed by atoms with E-state index in [1.807, 2.05) is 0 Å². The van der Waals surface area contributed by atoms with E-state index < -0.39 is 0 Å². The lowest BCUT2D eigenvalue weighted by atomic mass is 9.96. The van der Waals surface area contributed by atoms with Gasteiger partial charge in [-0.1, -0.05) is 20.8 Å². The summed E-state index contributed by atoms with van der Waals surface area (Å²) >= 11 is 0. The first-order valence-corrected chi connectivity index (χ1v) is 6.99. The van der Waals surface area contributed by atoms with Crippen molar-refractivity contribution in [2.24, 2.45) is 5.92 Å². The first-order valence-electron chi connectivity index (χ1n) is 6.99. The van der Waals surface area contributed by atoms with Gasteiger partial charge in [-0.15, -0.1) is 0 Å². The van der Waals surface area contributed by atoms with Gasteiger partial charge in [0.1, 0.15) is 5.82 Å². The Bertz CT molecular complexity index is 348. The lowest BCUT2D eigenvalue weighted by Crippen LogP contribution is -2.31. The minimum absolute atomic E-state index is 0.527. The molecule has 2 N–H and O–H groups in total. The third-order valence-electron chi connectivity index (χ3n) is 3.64. The van der Waals surface area contributed by atoms with E-state index in [-0.39, 0.29) is 0 Å². The highest BCUT2D eigenvalue weighted by Crippen LogP contribution is 2.20. The number of nitrogens with zero attached hydrogens (tertiary/aromatic N) is 1. The minimum atomic E-state index is 0.527. The van der Waals surface area contributed by atoms with Crippen LogP contribution in [0.3, 0.4) is 0 Å². The summed E-state index contributed by atoms with van der Waals surface area (Å²) < 4.78 is 0. The average molecular weight is 235 g/mol. The van der Waals surface area contributed by atoms with Gasteiger partial charge in [0.25, 0.3) is 0 Å². The highest BCUT2D eigenvalue weighted by molar-refractivity contribution is 5.18. The summed E-state index contributed by atoms with van der Waals surface area (Å²) in [5, 5.41) is 3.47. The van der Waals surface area contributed by atoms with E-state index in [0.717, 1.165) is 25.3 Å². The Morgan fingerprint density at radius 3 is 2.76 bits per heavy atom. The summed E-state index contributed by atoms with van der Waals surface area (Å²) in [5.74, 6) is 2.48. The highest BCUT2D eigenvalue weighted by atomic mass is 14.9. The molecule has 0 amide bonds. The van der Waals surface area contributed by atoms with Crippen LogP contribution >= 0.6 is 0 Å². The lowest BCUT2D eigenvalue weighted by Gasteiger charge is -2.21. The Kier molecular flexibility index (Phi) is 4.21. The number of aromatic nitrogens is 2. The number of imidazole rings is 1. The number of aromatic amines is 1. The Morgan fingerprint density at radius 2 is 2.24 bits per heavy atom. The van der Waals surface area contributed by atoms with E-state index in [1.54, 1.807) is 0 Å². The molecule has 0 radical (unpaired) electrons.